The van der Waals surface area contributed by atoms with Crippen LogP contribution in [0.2, 0.25) is 0 Å². The molecular formula is C16H25IN2O. The Kier molecular flexibility index (Phi) is 6.45. The van der Waals surface area contributed by atoms with E-state index < -0.39 is 0 Å². The molecule has 2 N–H and O–H groups in total. The molecule has 0 heterocycles. The molecule has 0 spiro atoms. The minimum Gasteiger partial charge on any atom is -0.338 e. The van der Waals surface area contributed by atoms with E-state index in [0.717, 1.165) is 27.7 Å². The Labute approximate surface area is 136 Å². The van der Waals surface area contributed by atoms with Crippen LogP contribution in [0, 0.1) is 15.9 Å². The Morgan fingerprint density at radius 2 is 2.05 bits per heavy atom. The van der Waals surface area contributed by atoms with E-state index in [0.29, 0.717) is 13.1 Å². The van der Waals surface area contributed by atoms with Crippen molar-refractivity contribution >= 4 is 28.5 Å². The summed E-state index contributed by atoms with van der Waals surface area (Å²) in [7, 11) is 0. The number of nitrogens with zero attached hydrogens (tertiary/aromatic N) is 1. The molecule has 0 atom stereocenters. The summed E-state index contributed by atoms with van der Waals surface area (Å²) < 4.78 is 1.04. The lowest BCUT2D eigenvalue weighted by Gasteiger charge is -2.32. The topological polar surface area (TPSA) is 46.3 Å². The van der Waals surface area contributed by atoms with Crippen LogP contribution in [0.1, 0.15) is 43.1 Å². The zero-order valence-corrected chi connectivity index (χ0v) is 15.0. The van der Waals surface area contributed by atoms with Crippen molar-refractivity contribution in [1.29, 1.82) is 0 Å². The van der Waals surface area contributed by atoms with E-state index in [1.54, 1.807) is 0 Å². The normalized spacial score (nSPS) is 11.5. The molecule has 0 unspecified atom stereocenters. The van der Waals surface area contributed by atoms with Crippen molar-refractivity contribution in [3.63, 3.8) is 0 Å². The van der Waals surface area contributed by atoms with Gasteiger partial charge in [-0.25, -0.2) is 0 Å². The number of rotatable bonds is 6. The van der Waals surface area contributed by atoms with Gasteiger partial charge >= 0.3 is 0 Å². The summed E-state index contributed by atoms with van der Waals surface area (Å²) in [4.78, 5) is 14.7. The van der Waals surface area contributed by atoms with Crippen molar-refractivity contribution in [1.82, 2.24) is 4.90 Å². The van der Waals surface area contributed by atoms with E-state index in [1.807, 2.05) is 30.0 Å². The number of carbonyl (C=O) groups is 1. The number of carbonyl (C=O) groups excluding carboxylic acids is 1. The second kappa shape index (κ2) is 7.41. The maximum atomic E-state index is 12.8. The van der Waals surface area contributed by atoms with Crippen LogP contribution in [0.15, 0.2) is 18.2 Å². The van der Waals surface area contributed by atoms with Crippen LogP contribution in [0.3, 0.4) is 0 Å². The minimum atomic E-state index is -0.0555. The molecule has 3 nitrogen and oxygen atoms in total. The van der Waals surface area contributed by atoms with E-state index >= 15 is 0 Å². The average Bonchev–Trinajstić information content (AvgIpc) is 2.40. The lowest BCUT2D eigenvalue weighted by Crippen LogP contribution is -2.42. The molecule has 0 aromatic heterocycles. The van der Waals surface area contributed by atoms with Crippen molar-refractivity contribution in [3.05, 3.63) is 32.9 Å². The largest absolute Gasteiger partial charge is 0.338 e. The second-order valence-electron chi connectivity index (χ2n) is 6.03. The highest BCUT2D eigenvalue weighted by Crippen LogP contribution is 2.21. The van der Waals surface area contributed by atoms with Gasteiger partial charge in [-0.15, -0.1) is 0 Å². The zero-order valence-electron chi connectivity index (χ0n) is 12.9. The molecule has 0 aliphatic rings. The van der Waals surface area contributed by atoms with Crippen LogP contribution in [0.4, 0.5) is 0 Å². The Morgan fingerprint density at radius 3 is 2.60 bits per heavy atom. The molecule has 1 amide bonds. The van der Waals surface area contributed by atoms with Crippen LogP contribution < -0.4 is 5.73 Å². The van der Waals surface area contributed by atoms with Crippen LogP contribution >= 0.6 is 22.6 Å². The maximum Gasteiger partial charge on any atom is 0.254 e. The first-order valence-electron chi connectivity index (χ1n) is 7.07. The van der Waals surface area contributed by atoms with E-state index in [-0.39, 0.29) is 11.3 Å². The van der Waals surface area contributed by atoms with E-state index in [2.05, 4.69) is 43.4 Å². The highest BCUT2D eigenvalue weighted by molar-refractivity contribution is 14.1. The van der Waals surface area contributed by atoms with Gasteiger partial charge in [-0.1, -0.05) is 32.9 Å². The van der Waals surface area contributed by atoms with Gasteiger partial charge in [-0.3, -0.25) is 4.79 Å². The lowest BCUT2D eigenvalue weighted by atomic mass is 9.92. The highest BCUT2D eigenvalue weighted by atomic mass is 127. The zero-order chi connectivity index (χ0) is 15.3. The van der Waals surface area contributed by atoms with Crippen molar-refractivity contribution in [2.45, 2.75) is 34.1 Å². The Balaban J connectivity index is 3.02. The smallest absolute Gasteiger partial charge is 0.254 e. The molecule has 4 heteroatoms. The Morgan fingerprint density at radius 1 is 1.40 bits per heavy atom. The predicted octanol–water partition coefficient (Wildman–Crippen LogP) is 3.44. The third kappa shape index (κ3) is 4.45. The lowest BCUT2D eigenvalue weighted by molar-refractivity contribution is 0.0688. The number of benzene rings is 1. The number of aryl methyl sites for hydroxylation is 1. The molecule has 112 valence electrons. The summed E-state index contributed by atoms with van der Waals surface area (Å²) in [5.41, 5.74) is 7.69. The monoisotopic (exact) mass is 388 g/mol. The molecule has 0 aliphatic carbocycles. The van der Waals surface area contributed by atoms with Gasteiger partial charge in [0.15, 0.2) is 0 Å². The van der Waals surface area contributed by atoms with Gasteiger partial charge in [-0.05, 0) is 59.5 Å². The SMILES string of the molecule is CCCN(CC(C)(C)CN)C(=O)c1cccc(C)c1I. The van der Waals surface area contributed by atoms with Gasteiger partial charge in [0, 0.05) is 16.7 Å². The molecule has 1 aromatic carbocycles. The molecule has 0 radical (unpaired) electrons. The molecular weight excluding hydrogens is 363 g/mol. The fourth-order valence-corrected chi connectivity index (χ4v) is 2.68. The minimum absolute atomic E-state index is 0.0555. The Bertz CT molecular complexity index is 472. The first-order chi connectivity index (χ1) is 9.32. The van der Waals surface area contributed by atoms with Gasteiger partial charge in [0.25, 0.3) is 5.91 Å². The van der Waals surface area contributed by atoms with E-state index in [1.165, 1.54) is 0 Å². The summed E-state index contributed by atoms with van der Waals surface area (Å²) in [6.07, 6.45) is 0.953. The number of hydrogen-bond acceptors (Lipinski definition) is 2. The summed E-state index contributed by atoms with van der Waals surface area (Å²) in [5, 5.41) is 0. The van der Waals surface area contributed by atoms with Gasteiger partial charge in [-0.2, -0.15) is 0 Å². The van der Waals surface area contributed by atoms with E-state index in [9.17, 15) is 4.79 Å². The van der Waals surface area contributed by atoms with Crippen molar-refractivity contribution in [2.75, 3.05) is 19.6 Å². The summed E-state index contributed by atoms with van der Waals surface area (Å²) >= 11 is 2.26. The van der Waals surface area contributed by atoms with Crippen LogP contribution in [0.5, 0.6) is 0 Å². The molecule has 1 rings (SSSR count). The third-order valence-corrected chi connectivity index (χ3v) is 4.81. The molecule has 1 aromatic rings. The van der Waals surface area contributed by atoms with Crippen molar-refractivity contribution < 1.29 is 4.79 Å². The van der Waals surface area contributed by atoms with Crippen molar-refractivity contribution in [3.8, 4) is 0 Å². The van der Waals surface area contributed by atoms with Crippen LogP contribution in [-0.4, -0.2) is 30.4 Å². The van der Waals surface area contributed by atoms with Gasteiger partial charge < -0.3 is 10.6 Å². The number of nitrogens with two attached hydrogens (primary N) is 1. The molecule has 20 heavy (non-hydrogen) atoms. The molecule has 0 saturated carbocycles. The number of halogens is 1. The molecule has 0 aliphatic heterocycles. The Hall–Kier alpha value is -0.620. The quantitative estimate of drug-likeness (QED) is 0.759. The maximum absolute atomic E-state index is 12.8. The number of hydrogen-bond donors (Lipinski definition) is 1. The van der Waals surface area contributed by atoms with Gasteiger partial charge in [0.2, 0.25) is 0 Å². The fourth-order valence-electron chi connectivity index (χ4n) is 2.09. The van der Waals surface area contributed by atoms with Gasteiger partial charge in [0.05, 0.1) is 5.56 Å². The first-order valence-corrected chi connectivity index (χ1v) is 8.14. The fraction of sp³-hybridized carbons (Fsp3) is 0.562. The van der Waals surface area contributed by atoms with Crippen LogP contribution in [-0.2, 0) is 0 Å². The summed E-state index contributed by atoms with van der Waals surface area (Å²) in [5.74, 6) is 0.112. The van der Waals surface area contributed by atoms with Gasteiger partial charge in [0.1, 0.15) is 0 Å². The van der Waals surface area contributed by atoms with Crippen LogP contribution in [0.25, 0.3) is 0 Å². The highest BCUT2D eigenvalue weighted by Gasteiger charge is 2.25. The number of amides is 1. The summed E-state index contributed by atoms with van der Waals surface area (Å²) in [6.45, 7) is 10.4. The molecule has 0 fully saturated rings. The standard InChI is InChI=1S/C16H25IN2O/c1-5-9-19(11-16(3,4)10-18)15(20)13-8-6-7-12(2)14(13)17/h6-8H,5,9-11,18H2,1-4H3. The van der Waals surface area contributed by atoms with E-state index in [4.69, 9.17) is 5.73 Å². The predicted molar refractivity (Wildman–Crippen MR) is 92.9 cm³/mol. The molecule has 0 saturated heterocycles. The molecule has 0 bridgehead atoms. The average molecular weight is 388 g/mol. The first kappa shape index (κ1) is 17.4. The third-order valence-electron chi connectivity index (χ3n) is 3.37. The van der Waals surface area contributed by atoms with Crippen molar-refractivity contribution in [2.24, 2.45) is 11.1 Å². The second-order valence-corrected chi connectivity index (χ2v) is 7.11. The summed E-state index contributed by atoms with van der Waals surface area (Å²) in [6, 6.07) is 5.89.